The van der Waals surface area contributed by atoms with Crippen molar-refractivity contribution >= 4 is 34.9 Å². The fourth-order valence-corrected chi connectivity index (χ4v) is 2.40. The van der Waals surface area contributed by atoms with E-state index in [0.29, 0.717) is 22.9 Å². The van der Waals surface area contributed by atoms with E-state index in [1.807, 2.05) is 24.3 Å². The average molecular weight is 332 g/mol. The fraction of sp³-hybridized carbons (Fsp3) is 0.133. The molecule has 0 radical (unpaired) electrons. The number of hydrogen-bond acceptors (Lipinski definition) is 5. The van der Waals surface area contributed by atoms with E-state index >= 15 is 0 Å². The summed E-state index contributed by atoms with van der Waals surface area (Å²) in [5.74, 6) is -1.06. The second-order valence-corrected chi connectivity index (χ2v) is 5.38. The molecule has 3 aromatic rings. The Bertz CT molecular complexity index is 860. The van der Waals surface area contributed by atoms with Crippen molar-refractivity contribution < 1.29 is 9.90 Å². The molecule has 1 aromatic carbocycles. The summed E-state index contributed by atoms with van der Waals surface area (Å²) in [5.41, 5.74) is 7.79. The van der Waals surface area contributed by atoms with E-state index in [4.69, 9.17) is 22.4 Å². The highest BCUT2D eigenvalue weighted by Gasteiger charge is 2.14. The molecular weight excluding hydrogens is 318 g/mol. The van der Waals surface area contributed by atoms with E-state index in [2.05, 4.69) is 15.4 Å². The number of nitrogen functional groups attached to an aromatic ring is 1. The lowest BCUT2D eigenvalue weighted by Gasteiger charge is -2.08. The van der Waals surface area contributed by atoms with Gasteiger partial charge in [0.1, 0.15) is 0 Å². The van der Waals surface area contributed by atoms with Crippen molar-refractivity contribution in [1.82, 2.24) is 14.6 Å². The van der Waals surface area contributed by atoms with Gasteiger partial charge in [0.25, 0.3) is 0 Å². The van der Waals surface area contributed by atoms with Crippen LogP contribution < -0.4 is 11.1 Å². The second-order valence-electron chi connectivity index (χ2n) is 4.95. The van der Waals surface area contributed by atoms with Gasteiger partial charge in [0.15, 0.2) is 11.3 Å². The van der Waals surface area contributed by atoms with E-state index in [0.717, 1.165) is 12.0 Å². The minimum absolute atomic E-state index is 0.00690. The Balaban J connectivity index is 1.79. The van der Waals surface area contributed by atoms with Crippen LogP contribution in [0, 0.1) is 0 Å². The monoisotopic (exact) mass is 331 g/mol. The molecule has 0 saturated carbocycles. The summed E-state index contributed by atoms with van der Waals surface area (Å²) >= 11 is 5.86. The maximum Gasteiger partial charge on any atom is 0.354 e. The van der Waals surface area contributed by atoms with E-state index < -0.39 is 5.97 Å². The van der Waals surface area contributed by atoms with Crippen LogP contribution in [-0.2, 0) is 6.42 Å². The molecular formula is C15H14ClN5O2. The lowest BCUT2D eigenvalue weighted by atomic mass is 10.1. The normalized spacial score (nSPS) is 10.8. The highest BCUT2D eigenvalue weighted by Crippen LogP contribution is 2.18. The number of nitrogens with zero attached hydrogens (tertiary/aromatic N) is 3. The van der Waals surface area contributed by atoms with Gasteiger partial charge in [0, 0.05) is 11.6 Å². The van der Waals surface area contributed by atoms with Crippen LogP contribution in [0.3, 0.4) is 0 Å². The van der Waals surface area contributed by atoms with Crippen LogP contribution in [-0.4, -0.2) is 32.2 Å². The van der Waals surface area contributed by atoms with Crippen LogP contribution in [0.2, 0.25) is 5.02 Å². The number of carboxylic acid groups (broad SMARTS) is 1. The minimum Gasteiger partial charge on any atom is -0.477 e. The molecule has 0 aliphatic heterocycles. The average Bonchev–Trinajstić information content (AvgIpc) is 2.90. The van der Waals surface area contributed by atoms with Crippen molar-refractivity contribution in [2.24, 2.45) is 0 Å². The lowest BCUT2D eigenvalue weighted by molar-refractivity contribution is 0.0687. The molecule has 0 bridgehead atoms. The first kappa shape index (κ1) is 15.1. The maximum atomic E-state index is 11.2. The van der Waals surface area contributed by atoms with Crippen molar-refractivity contribution in [2.45, 2.75) is 6.42 Å². The third kappa shape index (κ3) is 3.19. The van der Waals surface area contributed by atoms with Crippen molar-refractivity contribution in [3.05, 3.63) is 52.7 Å². The largest absolute Gasteiger partial charge is 0.477 e. The van der Waals surface area contributed by atoms with Crippen LogP contribution in [0.4, 0.5) is 11.6 Å². The van der Waals surface area contributed by atoms with Crippen LogP contribution in [0.25, 0.3) is 5.65 Å². The highest BCUT2D eigenvalue weighted by atomic mass is 35.5. The van der Waals surface area contributed by atoms with E-state index in [1.165, 1.54) is 10.6 Å². The zero-order chi connectivity index (χ0) is 16.4. The van der Waals surface area contributed by atoms with Gasteiger partial charge in [-0.1, -0.05) is 23.7 Å². The number of carbonyl (C=O) groups is 1. The number of fused-ring (bicyclic) bond motifs is 1. The molecule has 0 unspecified atom stereocenters. The molecule has 0 fully saturated rings. The highest BCUT2D eigenvalue weighted by molar-refractivity contribution is 6.30. The zero-order valence-corrected chi connectivity index (χ0v) is 12.8. The molecule has 7 nitrogen and oxygen atoms in total. The van der Waals surface area contributed by atoms with Crippen molar-refractivity contribution in [3.8, 4) is 0 Å². The van der Waals surface area contributed by atoms with E-state index in [1.54, 1.807) is 6.07 Å². The minimum atomic E-state index is -1.09. The number of anilines is 2. The summed E-state index contributed by atoms with van der Waals surface area (Å²) in [6.45, 7) is 0.649. The molecule has 0 spiro atoms. The number of nitrogens with one attached hydrogen (secondary N) is 1. The zero-order valence-electron chi connectivity index (χ0n) is 12.0. The van der Waals surface area contributed by atoms with Crippen LogP contribution in [0.1, 0.15) is 16.1 Å². The lowest BCUT2D eigenvalue weighted by Crippen LogP contribution is -2.10. The molecule has 0 aliphatic rings. The predicted molar refractivity (Wildman–Crippen MR) is 88.0 cm³/mol. The van der Waals surface area contributed by atoms with Gasteiger partial charge in [0.2, 0.25) is 5.95 Å². The summed E-state index contributed by atoms with van der Waals surface area (Å²) in [5, 5.41) is 17.0. The smallest absolute Gasteiger partial charge is 0.354 e. The fourth-order valence-electron chi connectivity index (χ4n) is 2.27. The number of rotatable bonds is 5. The Morgan fingerprint density at radius 2 is 2.00 bits per heavy atom. The van der Waals surface area contributed by atoms with Gasteiger partial charge in [-0.3, -0.25) is 0 Å². The van der Waals surface area contributed by atoms with Crippen molar-refractivity contribution in [3.63, 3.8) is 0 Å². The summed E-state index contributed by atoms with van der Waals surface area (Å²) in [6.07, 6.45) is 0.785. The van der Waals surface area contributed by atoms with Gasteiger partial charge in [-0.05, 0) is 36.2 Å². The molecule has 4 N–H and O–H groups in total. The molecule has 3 rings (SSSR count). The van der Waals surface area contributed by atoms with Crippen molar-refractivity contribution in [2.75, 3.05) is 17.6 Å². The van der Waals surface area contributed by atoms with Gasteiger partial charge in [-0.15, -0.1) is 5.10 Å². The van der Waals surface area contributed by atoms with Gasteiger partial charge in [0.05, 0.1) is 5.69 Å². The summed E-state index contributed by atoms with van der Waals surface area (Å²) < 4.78 is 1.22. The maximum absolute atomic E-state index is 11.2. The Morgan fingerprint density at radius 3 is 2.70 bits per heavy atom. The number of aromatic carboxylic acids is 1. The molecule has 2 heterocycles. The first-order valence-electron chi connectivity index (χ1n) is 6.91. The van der Waals surface area contributed by atoms with Gasteiger partial charge in [-0.2, -0.15) is 4.98 Å². The summed E-state index contributed by atoms with van der Waals surface area (Å²) in [4.78, 5) is 15.3. The number of aromatic nitrogens is 3. The predicted octanol–water partition coefficient (Wildman–Crippen LogP) is 2.32. The van der Waals surface area contributed by atoms with Crippen LogP contribution in [0.15, 0.2) is 36.4 Å². The molecule has 2 aromatic heterocycles. The first-order chi connectivity index (χ1) is 11.0. The van der Waals surface area contributed by atoms with Crippen molar-refractivity contribution in [1.29, 1.82) is 0 Å². The number of pyridine rings is 1. The van der Waals surface area contributed by atoms with Gasteiger partial charge >= 0.3 is 5.97 Å². The molecule has 23 heavy (non-hydrogen) atoms. The molecule has 0 amide bonds. The Morgan fingerprint density at radius 1 is 1.26 bits per heavy atom. The second kappa shape index (κ2) is 6.13. The van der Waals surface area contributed by atoms with E-state index in [-0.39, 0.29) is 11.6 Å². The number of hydrogen-bond donors (Lipinski definition) is 3. The quantitative estimate of drug-likeness (QED) is 0.662. The summed E-state index contributed by atoms with van der Waals surface area (Å²) in [7, 11) is 0. The molecule has 0 atom stereocenters. The summed E-state index contributed by atoms with van der Waals surface area (Å²) in [6, 6.07) is 10.7. The number of benzene rings is 1. The molecule has 8 heteroatoms. The molecule has 0 saturated heterocycles. The van der Waals surface area contributed by atoms with Gasteiger partial charge < -0.3 is 16.2 Å². The Labute approximate surface area is 136 Å². The van der Waals surface area contributed by atoms with Gasteiger partial charge in [-0.25, -0.2) is 9.31 Å². The van der Waals surface area contributed by atoms with E-state index in [9.17, 15) is 4.79 Å². The number of carboxylic acids is 1. The molecule has 118 valence electrons. The Hall–Kier alpha value is -2.80. The Kier molecular flexibility index (Phi) is 4.03. The molecule has 0 aliphatic carbocycles. The topological polar surface area (TPSA) is 106 Å². The van der Waals surface area contributed by atoms with Crippen LogP contribution >= 0.6 is 11.6 Å². The SMILES string of the molecule is Nc1nc2c(NCCc3ccc(Cl)cc3)ccc(C(=O)O)n2n1. The third-order valence-corrected chi connectivity index (χ3v) is 3.61. The number of halogens is 1. The standard InChI is InChI=1S/C15H14ClN5O2/c16-10-3-1-9(2-4-10)7-8-18-11-5-6-12(14(22)23)21-13(11)19-15(17)20-21/h1-6,18H,7-8H2,(H2,17,20)(H,22,23). The first-order valence-corrected chi connectivity index (χ1v) is 7.29. The number of nitrogens with two attached hydrogens (primary N) is 1. The van der Waals surface area contributed by atoms with Crippen LogP contribution in [0.5, 0.6) is 0 Å². The third-order valence-electron chi connectivity index (χ3n) is 3.36.